The molecule has 0 spiro atoms. The molecule has 0 aliphatic heterocycles. The molecule has 0 aromatic rings. The van der Waals surface area contributed by atoms with Crippen molar-refractivity contribution >= 4 is 70.2 Å². The van der Waals surface area contributed by atoms with Crippen molar-refractivity contribution in [1.29, 1.82) is 0 Å². The standard InChI is InChI=1S/C4H8N2S4.ClO.Cu.Zn/c7-3(8)5-1-2-6-4(9)10;1-2;;/h1-2H2,(H2,5,7,8)(H2,6,9,10);;;/q;-1;+1;+2/p-2. The zero-order valence-electron chi connectivity index (χ0n) is 6.84. The van der Waals surface area contributed by atoms with Crippen LogP contribution >= 0.6 is 36.3 Å². The largest absolute Gasteiger partial charge is 2.00 e. The van der Waals surface area contributed by atoms with Gasteiger partial charge in [-0.2, -0.15) is 0 Å². The minimum absolute atomic E-state index is 0. The first-order chi connectivity index (χ1) is 5.63. The number of hydrogen-bond acceptors (Lipinski definition) is 5. The SMILES string of the molecule is S=C([S-])NCCNC(=S)[S-].[Cu+].[O-]Cl.[Zn+2]. The normalized spacial score (nSPS) is 6.43. The van der Waals surface area contributed by atoms with E-state index in [1.165, 1.54) is 0 Å². The summed E-state index contributed by atoms with van der Waals surface area (Å²) in [5, 5.41) is 5.56. The van der Waals surface area contributed by atoms with E-state index in [1.54, 1.807) is 0 Å². The first-order valence-corrected chi connectivity index (χ1v) is 4.62. The van der Waals surface area contributed by atoms with Gasteiger partial charge in [0.2, 0.25) is 0 Å². The van der Waals surface area contributed by atoms with Crippen molar-refractivity contribution < 1.29 is 41.2 Å². The molecule has 0 saturated heterocycles. The number of thiocarbonyl (C=S) groups is 2. The van der Waals surface area contributed by atoms with Crippen LogP contribution < -0.4 is 15.3 Å². The quantitative estimate of drug-likeness (QED) is 0.287. The van der Waals surface area contributed by atoms with Crippen LogP contribution in [0.25, 0.3) is 0 Å². The molecule has 0 amide bonds. The van der Waals surface area contributed by atoms with E-state index in [1.807, 2.05) is 0 Å². The molecule has 0 rings (SSSR count). The summed E-state index contributed by atoms with van der Waals surface area (Å²) in [6.45, 7) is 1.33. The Balaban J connectivity index is -0.000000117. The van der Waals surface area contributed by atoms with Gasteiger partial charge in [-0.3, -0.25) is 0 Å². The minimum atomic E-state index is 0. The molecule has 0 radical (unpaired) electrons. The molecule has 0 aliphatic rings. The average molecular weight is 391 g/mol. The van der Waals surface area contributed by atoms with E-state index in [4.69, 9.17) is 4.66 Å². The summed E-state index contributed by atoms with van der Waals surface area (Å²) in [4.78, 5) is 0. The van der Waals surface area contributed by atoms with E-state index in [9.17, 15) is 0 Å². The fourth-order valence-electron chi connectivity index (χ4n) is 0.329. The van der Waals surface area contributed by atoms with E-state index in [0.717, 1.165) is 0 Å². The maximum absolute atomic E-state index is 7.72. The van der Waals surface area contributed by atoms with Crippen molar-refractivity contribution in [3.63, 3.8) is 0 Å². The van der Waals surface area contributed by atoms with E-state index < -0.39 is 0 Å². The molecule has 0 aliphatic carbocycles. The Bertz CT molecular complexity index is 139. The molecule has 0 heterocycles. The second kappa shape index (κ2) is 20.1. The number of halogens is 1. The Morgan fingerprint density at radius 3 is 1.43 bits per heavy atom. The third-order valence-corrected chi connectivity index (χ3v) is 1.24. The molecule has 14 heavy (non-hydrogen) atoms. The van der Waals surface area contributed by atoms with Crippen LogP contribution in [-0.2, 0) is 61.8 Å². The van der Waals surface area contributed by atoms with Crippen LogP contribution in [0.4, 0.5) is 0 Å². The molecule has 0 aromatic heterocycles. The Hall–Kier alpha value is 1.61. The van der Waals surface area contributed by atoms with Gasteiger partial charge in [0, 0.05) is 13.1 Å². The Kier molecular flexibility index (Phi) is 35.5. The van der Waals surface area contributed by atoms with E-state index in [2.05, 4.69) is 72.2 Å². The van der Waals surface area contributed by atoms with Gasteiger partial charge in [0.05, 0.1) is 0 Å². The van der Waals surface area contributed by atoms with Crippen molar-refractivity contribution in [1.82, 2.24) is 10.6 Å². The molecule has 0 bridgehead atoms. The van der Waals surface area contributed by atoms with Gasteiger partial charge in [-0.15, -0.1) is 0 Å². The Morgan fingerprint density at radius 2 is 1.29 bits per heavy atom. The second-order valence-corrected chi connectivity index (χ2v) is 3.58. The summed E-state index contributed by atoms with van der Waals surface area (Å²) < 4.78 is 8.47. The van der Waals surface area contributed by atoms with Crippen LogP contribution in [0.5, 0.6) is 0 Å². The fourth-order valence-corrected chi connectivity index (χ4v) is 0.737. The topological polar surface area (TPSA) is 47.1 Å². The monoisotopic (exact) mass is 388 g/mol. The smallest absolute Gasteiger partial charge is 0.769 e. The Labute approximate surface area is 134 Å². The summed E-state index contributed by atoms with van der Waals surface area (Å²) in [7, 11) is 0. The first kappa shape index (κ1) is 24.7. The predicted octanol–water partition coefficient (Wildman–Crippen LogP) is -0.675. The van der Waals surface area contributed by atoms with Crippen LogP contribution in [0.1, 0.15) is 0 Å². The molecule has 0 unspecified atom stereocenters. The van der Waals surface area contributed by atoms with Crippen LogP contribution in [-0.4, -0.2) is 21.7 Å². The Morgan fingerprint density at radius 1 is 1.07 bits per heavy atom. The number of rotatable bonds is 3. The minimum Gasteiger partial charge on any atom is -0.769 e. The summed E-state index contributed by atoms with van der Waals surface area (Å²) in [6, 6.07) is 0. The van der Waals surface area contributed by atoms with Gasteiger partial charge in [0.15, 0.2) is 0 Å². The van der Waals surface area contributed by atoms with Crippen LogP contribution in [0, 0.1) is 0 Å². The maximum Gasteiger partial charge on any atom is 2.00 e. The fraction of sp³-hybridized carbons (Fsp3) is 0.500. The van der Waals surface area contributed by atoms with Crippen LogP contribution in [0.15, 0.2) is 0 Å². The van der Waals surface area contributed by atoms with Crippen molar-refractivity contribution in [3.8, 4) is 0 Å². The van der Waals surface area contributed by atoms with Gasteiger partial charge in [0.1, 0.15) is 0 Å². The van der Waals surface area contributed by atoms with E-state index in [-0.39, 0.29) is 36.5 Å². The third-order valence-electron chi connectivity index (χ3n) is 0.664. The van der Waals surface area contributed by atoms with Crippen molar-refractivity contribution in [2.75, 3.05) is 13.1 Å². The van der Waals surface area contributed by atoms with Gasteiger partial charge in [-0.1, -0.05) is 8.64 Å². The maximum atomic E-state index is 7.72. The summed E-state index contributed by atoms with van der Waals surface area (Å²) in [6.07, 6.45) is 0. The molecule has 82 valence electrons. The first-order valence-electron chi connectivity index (χ1n) is 2.68. The van der Waals surface area contributed by atoms with Gasteiger partial charge >= 0.3 is 36.5 Å². The molecule has 0 atom stereocenters. The summed E-state index contributed by atoms with van der Waals surface area (Å²) in [5.41, 5.74) is 0. The molecule has 10 heteroatoms. The summed E-state index contributed by atoms with van der Waals surface area (Å²) >= 11 is 21.8. The molecule has 0 aromatic carbocycles. The zero-order valence-corrected chi connectivity index (χ0v) is 14.8. The van der Waals surface area contributed by atoms with Crippen LogP contribution in [0.2, 0.25) is 0 Å². The molecule has 2 N–H and O–H groups in total. The van der Waals surface area contributed by atoms with E-state index in [0.29, 0.717) is 21.7 Å². The number of hydrogen-bond donors (Lipinski definition) is 2. The van der Waals surface area contributed by atoms with Crippen molar-refractivity contribution in [3.05, 3.63) is 0 Å². The molecule has 3 nitrogen and oxygen atoms in total. The molecule has 0 fully saturated rings. The van der Waals surface area contributed by atoms with Gasteiger partial charge < -0.3 is 65.0 Å². The van der Waals surface area contributed by atoms with Crippen LogP contribution in [0.3, 0.4) is 0 Å². The molecular weight excluding hydrogens is 385 g/mol. The van der Waals surface area contributed by atoms with Gasteiger partial charge in [-0.25, -0.2) is 11.9 Å². The second-order valence-electron chi connectivity index (χ2n) is 1.43. The molecular formula is C4H6ClCuN2OS4Zn. The van der Waals surface area contributed by atoms with E-state index >= 15 is 0 Å². The number of nitrogens with one attached hydrogen (secondary N) is 2. The van der Waals surface area contributed by atoms with Crippen molar-refractivity contribution in [2.24, 2.45) is 0 Å². The van der Waals surface area contributed by atoms with Gasteiger partial charge in [-0.05, 0) is 0 Å². The zero-order chi connectivity index (χ0) is 9.98. The molecule has 0 saturated carbocycles. The summed E-state index contributed by atoms with van der Waals surface area (Å²) in [5.74, 6) is 0. The third kappa shape index (κ3) is 29.2. The van der Waals surface area contributed by atoms with Gasteiger partial charge in [0.25, 0.3) is 0 Å². The van der Waals surface area contributed by atoms with Crippen molar-refractivity contribution in [2.45, 2.75) is 0 Å². The average Bonchev–Trinajstić information content (AvgIpc) is 2.02. The predicted molar refractivity (Wildman–Crippen MR) is 61.8 cm³/mol.